The number of rotatable bonds is 11. The minimum atomic E-state index is -0.0375. The molecule has 0 aliphatic heterocycles. The molecule has 0 aliphatic carbocycles. The molecule has 3 rings (SSSR count). The molecule has 0 saturated heterocycles. The number of carbonyl (C=O) groups is 1. The maximum Gasteiger partial charge on any atom is 0.230 e. The molecular weight excluding hydrogens is 444 g/mol. The zero-order chi connectivity index (χ0) is 22.9. The van der Waals surface area contributed by atoms with Crippen LogP contribution < -0.4 is 20.1 Å². The van der Waals surface area contributed by atoms with Crippen LogP contribution in [0.5, 0.6) is 11.5 Å². The van der Waals surface area contributed by atoms with E-state index in [1.807, 2.05) is 30.3 Å². The van der Waals surface area contributed by atoms with Crippen molar-refractivity contribution in [1.82, 2.24) is 15.5 Å². The Morgan fingerprint density at radius 1 is 1.06 bits per heavy atom. The molecule has 7 nitrogen and oxygen atoms in total. The number of amides is 1. The first-order valence-electron chi connectivity index (χ1n) is 10.3. The summed E-state index contributed by atoms with van der Waals surface area (Å²) in [5.41, 5.74) is 3.33. The summed E-state index contributed by atoms with van der Waals surface area (Å²) in [6.45, 7) is 4.89. The first-order valence-corrected chi connectivity index (χ1v) is 12.1. The van der Waals surface area contributed by atoms with Gasteiger partial charge in [0.2, 0.25) is 11.0 Å². The lowest BCUT2D eigenvalue weighted by Gasteiger charge is -2.10. The minimum Gasteiger partial charge on any atom is -0.493 e. The van der Waals surface area contributed by atoms with Crippen molar-refractivity contribution in [2.75, 3.05) is 31.8 Å². The third-order valence-electron chi connectivity index (χ3n) is 4.75. The van der Waals surface area contributed by atoms with Gasteiger partial charge in [-0.2, -0.15) is 0 Å². The number of hydrogen-bond acceptors (Lipinski definition) is 8. The number of thioether (sulfide) groups is 1. The molecule has 2 N–H and O–H groups in total. The van der Waals surface area contributed by atoms with Crippen molar-refractivity contribution in [1.29, 1.82) is 0 Å². The molecule has 0 fully saturated rings. The summed E-state index contributed by atoms with van der Waals surface area (Å²) in [4.78, 5) is 12.2. The van der Waals surface area contributed by atoms with Crippen molar-refractivity contribution in [3.8, 4) is 11.5 Å². The van der Waals surface area contributed by atoms with E-state index in [2.05, 4.69) is 46.8 Å². The van der Waals surface area contributed by atoms with E-state index in [-0.39, 0.29) is 5.91 Å². The smallest absolute Gasteiger partial charge is 0.230 e. The summed E-state index contributed by atoms with van der Waals surface area (Å²) in [6.07, 6.45) is 0.708. The number of hydrogen-bond donors (Lipinski definition) is 2. The molecular formula is C23H28N4O3S2. The van der Waals surface area contributed by atoms with Crippen molar-refractivity contribution >= 4 is 39.8 Å². The number of methoxy groups -OCH3 is 2. The highest BCUT2D eigenvalue weighted by Gasteiger charge is 2.09. The van der Waals surface area contributed by atoms with Gasteiger partial charge in [-0.3, -0.25) is 4.79 Å². The van der Waals surface area contributed by atoms with E-state index in [9.17, 15) is 4.79 Å². The molecule has 32 heavy (non-hydrogen) atoms. The van der Waals surface area contributed by atoms with Crippen LogP contribution in [0.1, 0.15) is 30.9 Å². The van der Waals surface area contributed by atoms with E-state index >= 15 is 0 Å². The molecule has 2 aromatic carbocycles. The van der Waals surface area contributed by atoms with Gasteiger partial charge in [-0.25, -0.2) is 0 Å². The normalized spacial score (nSPS) is 10.8. The molecule has 0 saturated carbocycles. The zero-order valence-electron chi connectivity index (χ0n) is 18.7. The van der Waals surface area contributed by atoms with Gasteiger partial charge < -0.3 is 20.1 Å². The topological polar surface area (TPSA) is 85.4 Å². The third kappa shape index (κ3) is 6.86. The van der Waals surface area contributed by atoms with Gasteiger partial charge in [0.25, 0.3) is 0 Å². The molecule has 1 heterocycles. The summed E-state index contributed by atoms with van der Waals surface area (Å²) in [5.74, 6) is 2.13. The maximum absolute atomic E-state index is 12.2. The van der Waals surface area contributed by atoms with Crippen molar-refractivity contribution in [3.05, 3.63) is 53.6 Å². The highest BCUT2D eigenvalue weighted by Crippen LogP contribution is 2.29. The fourth-order valence-electron chi connectivity index (χ4n) is 2.95. The number of anilines is 2. The van der Waals surface area contributed by atoms with Crippen LogP contribution in [-0.4, -0.2) is 42.6 Å². The van der Waals surface area contributed by atoms with Crippen LogP contribution in [0.2, 0.25) is 0 Å². The Bertz CT molecular complexity index is 1020. The molecule has 0 atom stereocenters. The number of nitrogens with zero attached hydrogens (tertiary/aromatic N) is 2. The molecule has 1 aromatic heterocycles. The second-order valence-electron chi connectivity index (χ2n) is 7.35. The second-order valence-corrected chi connectivity index (χ2v) is 9.55. The lowest BCUT2D eigenvalue weighted by atomic mass is 10.0. The summed E-state index contributed by atoms with van der Waals surface area (Å²) in [7, 11) is 3.22. The van der Waals surface area contributed by atoms with Gasteiger partial charge in [0.05, 0.1) is 20.0 Å². The number of aromatic nitrogens is 2. The Morgan fingerprint density at radius 2 is 1.81 bits per heavy atom. The zero-order valence-corrected chi connectivity index (χ0v) is 20.3. The molecule has 9 heteroatoms. The second kappa shape index (κ2) is 11.7. The van der Waals surface area contributed by atoms with Gasteiger partial charge in [-0.1, -0.05) is 55.1 Å². The molecule has 0 unspecified atom stereocenters. The van der Waals surface area contributed by atoms with Crippen molar-refractivity contribution in [3.63, 3.8) is 0 Å². The quantitative estimate of drug-likeness (QED) is 0.385. The van der Waals surface area contributed by atoms with E-state index in [0.717, 1.165) is 15.6 Å². The SMILES string of the molecule is COc1ccc(CCNC(=O)CSc2nnc(Nc3ccc(C(C)C)cc3)s2)cc1OC. The average Bonchev–Trinajstić information content (AvgIpc) is 3.25. The predicted molar refractivity (Wildman–Crippen MR) is 131 cm³/mol. The van der Waals surface area contributed by atoms with Gasteiger partial charge >= 0.3 is 0 Å². The first-order chi connectivity index (χ1) is 15.5. The van der Waals surface area contributed by atoms with Crippen LogP contribution in [0.4, 0.5) is 10.8 Å². The Labute approximate surface area is 196 Å². The van der Waals surface area contributed by atoms with Crippen LogP contribution in [0.25, 0.3) is 0 Å². The Balaban J connectivity index is 1.41. The van der Waals surface area contributed by atoms with Crippen LogP contribution >= 0.6 is 23.1 Å². The molecule has 0 bridgehead atoms. The molecule has 170 valence electrons. The Hall–Kier alpha value is -2.78. The first kappa shape index (κ1) is 23.9. The van der Waals surface area contributed by atoms with Crippen LogP contribution in [0.3, 0.4) is 0 Å². The van der Waals surface area contributed by atoms with E-state index in [1.54, 1.807) is 14.2 Å². The summed E-state index contributed by atoms with van der Waals surface area (Å²) in [5, 5.41) is 15.2. The maximum atomic E-state index is 12.2. The Morgan fingerprint density at radius 3 is 2.50 bits per heavy atom. The number of ether oxygens (including phenoxy) is 2. The van der Waals surface area contributed by atoms with E-state index in [1.165, 1.54) is 28.7 Å². The molecule has 0 spiro atoms. The lowest BCUT2D eigenvalue weighted by molar-refractivity contribution is -0.118. The molecule has 1 amide bonds. The van der Waals surface area contributed by atoms with Gasteiger partial charge in [0, 0.05) is 12.2 Å². The average molecular weight is 473 g/mol. The number of nitrogens with one attached hydrogen (secondary N) is 2. The third-order valence-corrected chi connectivity index (χ3v) is 6.72. The van der Waals surface area contributed by atoms with Crippen molar-refractivity contribution < 1.29 is 14.3 Å². The Kier molecular flexibility index (Phi) is 8.75. The van der Waals surface area contributed by atoms with Gasteiger partial charge in [0.1, 0.15) is 0 Å². The van der Waals surface area contributed by atoms with Gasteiger partial charge in [-0.05, 0) is 47.7 Å². The van der Waals surface area contributed by atoms with Crippen LogP contribution in [0.15, 0.2) is 46.8 Å². The van der Waals surface area contributed by atoms with Crippen molar-refractivity contribution in [2.45, 2.75) is 30.5 Å². The highest BCUT2D eigenvalue weighted by atomic mass is 32.2. The van der Waals surface area contributed by atoms with Gasteiger partial charge in [0.15, 0.2) is 15.8 Å². The lowest BCUT2D eigenvalue weighted by Crippen LogP contribution is -2.27. The summed E-state index contributed by atoms with van der Waals surface area (Å²) in [6, 6.07) is 14.0. The van der Waals surface area contributed by atoms with E-state index < -0.39 is 0 Å². The van der Waals surface area contributed by atoms with E-state index in [0.29, 0.717) is 41.3 Å². The number of benzene rings is 2. The monoisotopic (exact) mass is 472 g/mol. The predicted octanol–water partition coefficient (Wildman–Crippen LogP) is 4.87. The molecule has 3 aromatic rings. The van der Waals surface area contributed by atoms with E-state index in [4.69, 9.17) is 9.47 Å². The molecule has 0 aliphatic rings. The largest absolute Gasteiger partial charge is 0.493 e. The van der Waals surface area contributed by atoms with Crippen LogP contribution in [-0.2, 0) is 11.2 Å². The highest BCUT2D eigenvalue weighted by molar-refractivity contribution is 8.01. The summed E-state index contributed by atoms with van der Waals surface area (Å²) < 4.78 is 11.3. The fourth-order valence-corrected chi connectivity index (χ4v) is 4.56. The number of carbonyl (C=O) groups excluding carboxylic acids is 1. The fraction of sp³-hybridized carbons (Fsp3) is 0.348. The van der Waals surface area contributed by atoms with Crippen molar-refractivity contribution in [2.24, 2.45) is 0 Å². The summed E-state index contributed by atoms with van der Waals surface area (Å²) >= 11 is 2.81. The van der Waals surface area contributed by atoms with Crippen LogP contribution in [0, 0.1) is 0 Å². The molecule has 0 radical (unpaired) electrons. The minimum absolute atomic E-state index is 0.0375. The van der Waals surface area contributed by atoms with Gasteiger partial charge in [-0.15, -0.1) is 10.2 Å². The standard InChI is InChI=1S/C23H28N4O3S2/c1-15(2)17-6-8-18(9-7-17)25-22-26-27-23(32-22)31-14-21(28)24-12-11-16-5-10-19(29-3)20(13-16)30-4/h5-10,13,15H,11-12,14H2,1-4H3,(H,24,28)(H,25,26).